The highest BCUT2D eigenvalue weighted by molar-refractivity contribution is 8.00. The Labute approximate surface area is 143 Å². The summed E-state index contributed by atoms with van der Waals surface area (Å²) in [6.07, 6.45) is 1.33. The summed E-state index contributed by atoms with van der Waals surface area (Å²) in [4.78, 5) is 31.6. The standard InChI is InChI=1S/C16H15N5O2S/c1-9(22)11-4-3-5-13(6-11)20-15(23)10(2)24-16-19-8-12(7-17)14(18)21-16/h3-6,8,10H,1-2H3,(H,20,23)(H2,18,19,21)/t10-/m1/s1. The van der Waals surface area contributed by atoms with Crippen LogP contribution in [0, 0.1) is 11.3 Å². The fraction of sp³-hybridized carbons (Fsp3) is 0.188. The smallest absolute Gasteiger partial charge is 0.237 e. The van der Waals surface area contributed by atoms with E-state index in [-0.39, 0.29) is 23.1 Å². The van der Waals surface area contributed by atoms with Crippen LogP contribution in [-0.4, -0.2) is 26.9 Å². The number of rotatable bonds is 5. The zero-order valence-corrected chi connectivity index (χ0v) is 13.9. The van der Waals surface area contributed by atoms with Gasteiger partial charge in [0, 0.05) is 11.3 Å². The zero-order chi connectivity index (χ0) is 17.7. The molecule has 0 aliphatic rings. The minimum Gasteiger partial charge on any atom is -0.382 e. The largest absolute Gasteiger partial charge is 0.382 e. The quantitative estimate of drug-likeness (QED) is 0.486. The summed E-state index contributed by atoms with van der Waals surface area (Å²) in [5, 5.41) is 11.4. The molecule has 7 nitrogen and oxygen atoms in total. The number of benzene rings is 1. The fourth-order valence-electron chi connectivity index (χ4n) is 1.79. The van der Waals surface area contributed by atoms with Crippen LogP contribution in [0.2, 0.25) is 0 Å². The normalized spacial score (nSPS) is 11.4. The van der Waals surface area contributed by atoms with Crippen LogP contribution < -0.4 is 11.1 Å². The molecule has 1 aromatic heterocycles. The molecule has 0 radical (unpaired) electrons. The summed E-state index contributed by atoms with van der Waals surface area (Å²) in [6.45, 7) is 3.17. The number of nitriles is 1. The first-order valence-electron chi connectivity index (χ1n) is 7.02. The van der Waals surface area contributed by atoms with E-state index in [1.165, 1.54) is 13.1 Å². The molecule has 0 saturated carbocycles. The fourth-order valence-corrected chi connectivity index (χ4v) is 2.54. The highest BCUT2D eigenvalue weighted by Gasteiger charge is 2.17. The van der Waals surface area contributed by atoms with Gasteiger partial charge in [-0.15, -0.1) is 0 Å². The van der Waals surface area contributed by atoms with Gasteiger partial charge >= 0.3 is 0 Å². The second kappa shape index (κ2) is 7.57. The third kappa shape index (κ3) is 4.30. The zero-order valence-electron chi connectivity index (χ0n) is 13.1. The summed E-state index contributed by atoms with van der Waals surface area (Å²) >= 11 is 1.12. The predicted octanol–water partition coefficient (Wildman–Crippen LogP) is 2.25. The van der Waals surface area contributed by atoms with E-state index < -0.39 is 5.25 Å². The lowest BCUT2D eigenvalue weighted by Crippen LogP contribution is -2.22. The van der Waals surface area contributed by atoms with Gasteiger partial charge in [0.2, 0.25) is 5.91 Å². The van der Waals surface area contributed by atoms with Gasteiger partial charge in [0.05, 0.1) is 11.4 Å². The lowest BCUT2D eigenvalue weighted by atomic mass is 10.1. The number of amides is 1. The van der Waals surface area contributed by atoms with Gasteiger partial charge in [-0.1, -0.05) is 23.9 Å². The monoisotopic (exact) mass is 341 g/mol. The number of anilines is 2. The maximum absolute atomic E-state index is 12.2. The van der Waals surface area contributed by atoms with Gasteiger partial charge < -0.3 is 11.1 Å². The average molecular weight is 341 g/mol. The Morgan fingerprint density at radius 1 is 1.42 bits per heavy atom. The molecule has 0 fully saturated rings. The van der Waals surface area contributed by atoms with E-state index in [9.17, 15) is 9.59 Å². The van der Waals surface area contributed by atoms with E-state index in [4.69, 9.17) is 11.0 Å². The molecule has 2 rings (SSSR count). The number of nitrogen functional groups attached to an aromatic ring is 1. The number of hydrogen-bond donors (Lipinski definition) is 2. The maximum Gasteiger partial charge on any atom is 0.237 e. The number of aromatic nitrogens is 2. The Bertz CT molecular complexity index is 831. The molecule has 24 heavy (non-hydrogen) atoms. The first kappa shape index (κ1) is 17.4. The molecule has 0 aliphatic carbocycles. The summed E-state index contributed by atoms with van der Waals surface area (Å²) < 4.78 is 0. The summed E-state index contributed by atoms with van der Waals surface area (Å²) in [7, 11) is 0. The number of thioether (sulfide) groups is 1. The lowest BCUT2D eigenvalue weighted by Gasteiger charge is -2.12. The van der Waals surface area contributed by atoms with Crippen molar-refractivity contribution in [2.45, 2.75) is 24.3 Å². The number of nitrogens with two attached hydrogens (primary N) is 1. The molecular formula is C16H15N5O2S. The Morgan fingerprint density at radius 2 is 2.17 bits per heavy atom. The average Bonchev–Trinajstić information content (AvgIpc) is 2.55. The number of hydrogen-bond acceptors (Lipinski definition) is 7. The van der Waals surface area contributed by atoms with Crippen molar-refractivity contribution < 1.29 is 9.59 Å². The number of ketones is 1. The van der Waals surface area contributed by atoms with Crippen LogP contribution in [0.15, 0.2) is 35.6 Å². The van der Waals surface area contributed by atoms with Crippen LogP contribution in [0.4, 0.5) is 11.5 Å². The van der Waals surface area contributed by atoms with Crippen LogP contribution in [0.5, 0.6) is 0 Å². The molecule has 3 N–H and O–H groups in total. The number of carbonyl (C=O) groups is 2. The minimum atomic E-state index is -0.488. The van der Waals surface area contributed by atoms with Gasteiger partial charge in [-0.25, -0.2) is 9.97 Å². The molecule has 122 valence electrons. The predicted molar refractivity (Wildman–Crippen MR) is 91.6 cm³/mol. The van der Waals surface area contributed by atoms with E-state index in [0.29, 0.717) is 16.4 Å². The topological polar surface area (TPSA) is 122 Å². The first-order chi connectivity index (χ1) is 11.4. The van der Waals surface area contributed by atoms with Crippen molar-refractivity contribution in [1.82, 2.24) is 9.97 Å². The first-order valence-corrected chi connectivity index (χ1v) is 7.90. The van der Waals surface area contributed by atoms with Gasteiger partial charge in [-0.3, -0.25) is 9.59 Å². The van der Waals surface area contributed by atoms with E-state index in [1.54, 1.807) is 31.2 Å². The Morgan fingerprint density at radius 3 is 2.79 bits per heavy atom. The van der Waals surface area contributed by atoms with Gasteiger partial charge in [0.1, 0.15) is 17.5 Å². The van der Waals surface area contributed by atoms with Crippen molar-refractivity contribution in [3.8, 4) is 6.07 Å². The second-order valence-corrected chi connectivity index (χ2v) is 6.26. The number of nitrogens with zero attached hydrogens (tertiary/aromatic N) is 3. The van der Waals surface area contributed by atoms with Crippen molar-refractivity contribution in [1.29, 1.82) is 5.26 Å². The molecule has 1 heterocycles. The molecule has 1 atom stereocenters. The van der Waals surface area contributed by atoms with E-state index in [0.717, 1.165) is 11.8 Å². The van der Waals surface area contributed by atoms with Crippen molar-refractivity contribution in [2.75, 3.05) is 11.1 Å². The number of Topliss-reactive ketones (excluding diaryl/α,β-unsaturated/α-hetero) is 1. The van der Waals surface area contributed by atoms with Crippen molar-refractivity contribution >= 4 is 35.0 Å². The van der Waals surface area contributed by atoms with Crippen molar-refractivity contribution in [3.05, 3.63) is 41.6 Å². The van der Waals surface area contributed by atoms with E-state index >= 15 is 0 Å². The summed E-state index contributed by atoms with van der Waals surface area (Å²) in [6, 6.07) is 8.59. The SMILES string of the molecule is CC(=O)c1cccc(NC(=O)[C@@H](C)Sc2ncc(C#N)c(N)n2)c1. The summed E-state index contributed by atoms with van der Waals surface area (Å²) in [5.41, 5.74) is 6.89. The molecular weight excluding hydrogens is 326 g/mol. The molecule has 2 aromatic rings. The van der Waals surface area contributed by atoms with Crippen molar-refractivity contribution in [2.24, 2.45) is 0 Å². The van der Waals surface area contributed by atoms with Gasteiger partial charge in [-0.2, -0.15) is 5.26 Å². The van der Waals surface area contributed by atoms with Gasteiger partial charge in [0.25, 0.3) is 0 Å². The molecule has 8 heteroatoms. The maximum atomic E-state index is 12.2. The Hall–Kier alpha value is -2.92. The van der Waals surface area contributed by atoms with Crippen LogP contribution >= 0.6 is 11.8 Å². The molecule has 0 spiro atoms. The third-order valence-electron chi connectivity index (χ3n) is 3.10. The van der Waals surface area contributed by atoms with Crippen LogP contribution in [-0.2, 0) is 4.79 Å². The molecule has 1 amide bonds. The molecule has 0 aliphatic heterocycles. The second-order valence-electron chi connectivity index (χ2n) is 4.95. The summed E-state index contributed by atoms with van der Waals surface area (Å²) in [5.74, 6) is -0.251. The third-order valence-corrected chi connectivity index (χ3v) is 4.08. The number of nitrogens with one attached hydrogen (secondary N) is 1. The van der Waals surface area contributed by atoms with Crippen LogP contribution in [0.3, 0.4) is 0 Å². The molecule has 0 unspecified atom stereocenters. The number of carbonyl (C=O) groups excluding carboxylic acids is 2. The van der Waals surface area contributed by atoms with Gasteiger partial charge in [0.15, 0.2) is 10.9 Å². The lowest BCUT2D eigenvalue weighted by molar-refractivity contribution is -0.115. The Balaban J connectivity index is 2.05. The molecule has 0 bridgehead atoms. The van der Waals surface area contributed by atoms with E-state index in [2.05, 4.69) is 15.3 Å². The highest BCUT2D eigenvalue weighted by Crippen LogP contribution is 2.22. The molecule has 0 saturated heterocycles. The van der Waals surface area contributed by atoms with Gasteiger partial charge in [-0.05, 0) is 26.0 Å². The van der Waals surface area contributed by atoms with Crippen LogP contribution in [0.25, 0.3) is 0 Å². The van der Waals surface area contributed by atoms with Crippen LogP contribution in [0.1, 0.15) is 29.8 Å². The van der Waals surface area contributed by atoms with Crippen molar-refractivity contribution in [3.63, 3.8) is 0 Å². The van der Waals surface area contributed by atoms with E-state index in [1.807, 2.05) is 6.07 Å². The highest BCUT2D eigenvalue weighted by atomic mass is 32.2. The minimum absolute atomic E-state index is 0.0741. The molecule has 1 aromatic carbocycles. The Kier molecular flexibility index (Phi) is 5.50.